The zero-order chi connectivity index (χ0) is 17.4. The fraction of sp³-hybridized carbons (Fsp3) is 0.368. The van der Waals surface area contributed by atoms with E-state index in [9.17, 15) is 0 Å². The molecule has 4 nitrogen and oxygen atoms in total. The van der Waals surface area contributed by atoms with Gasteiger partial charge in [-0.3, -0.25) is 0 Å². The summed E-state index contributed by atoms with van der Waals surface area (Å²) >= 11 is 3.58. The standard InChI is InChI=1S/C19H24BrNO3.ClH/c1-4-23-18-11-14(10-16(20)19(18)24-5-2)12-21-13-15-8-6-7-9-17(15)22-3;/h6-11,21H,4-5,12-13H2,1-3H3;1H. The normalized spacial score (nSPS) is 10.1. The summed E-state index contributed by atoms with van der Waals surface area (Å²) in [6.45, 7) is 6.59. The van der Waals surface area contributed by atoms with E-state index in [2.05, 4.69) is 33.4 Å². The Balaban J connectivity index is 0.00000312. The largest absolute Gasteiger partial charge is 0.496 e. The maximum absolute atomic E-state index is 5.71. The molecule has 0 saturated heterocycles. The fourth-order valence-electron chi connectivity index (χ4n) is 2.46. The van der Waals surface area contributed by atoms with E-state index >= 15 is 0 Å². The fourth-order valence-corrected chi connectivity index (χ4v) is 3.07. The molecule has 2 rings (SSSR count). The van der Waals surface area contributed by atoms with Crippen molar-refractivity contribution in [2.45, 2.75) is 26.9 Å². The van der Waals surface area contributed by atoms with Crippen LogP contribution in [0.3, 0.4) is 0 Å². The maximum atomic E-state index is 5.71. The predicted molar refractivity (Wildman–Crippen MR) is 107 cm³/mol. The minimum Gasteiger partial charge on any atom is -0.496 e. The van der Waals surface area contributed by atoms with Crippen LogP contribution in [-0.2, 0) is 13.1 Å². The van der Waals surface area contributed by atoms with Gasteiger partial charge < -0.3 is 19.5 Å². The first-order valence-electron chi connectivity index (χ1n) is 8.10. The third kappa shape index (κ3) is 6.10. The first-order valence-corrected chi connectivity index (χ1v) is 8.89. The van der Waals surface area contributed by atoms with Gasteiger partial charge in [-0.25, -0.2) is 0 Å². The molecule has 0 amide bonds. The molecule has 0 fully saturated rings. The summed E-state index contributed by atoms with van der Waals surface area (Å²) in [7, 11) is 1.69. The molecule has 2 aromatic rings. The van der Waals surface area contributed by atoms with Gasteiger partial charge in [-0.15, -0.1) is 12.4 Å². The van der Waals surface area contributed by atoms with Crippen LogP contribution in [0.25, 0.3) is 0 Å². The molecule has 138 valence electrons. The molecule has 25 heavy (non-hydrogen) atoms. The highest BCUT2D eigenvalue weighted by molar-refractivity contribution is 9.10. The van der Waals surface area contributed by atoms with Gasteiger partial charge >= 0.3 is 0 Å². The molecule has 0 atom stereocenters. The van der Waals surface area contributed by atoms with E-state index in [0.29, 0.717) is 13.2 Å². The minimum atomic E-state index is 0. The quantitative estimate of drug-likeness (QED) is 0.610. The summed E-state index contributed by atoms with van der Waals surface area (Å²) in [5, 5.41) is 3.44. The van der Waals surface area contributed by atoms with Crippen molar-refractivity contribution in [1.82, 2.24) is 5.32 Å². The molecule has 0 spiro atoms. The van der Waals surface area contributed by atoms with Crippen molar-refractivity contribution < 1.29 is 14.2 Å². The van der Waals surface area contributed by atoms with Gasteiger partial charge in [-0.2, -0.15) is 0 Å². The van der Waals surface area contributed by atoms with Gasteiger partial charge in [0.05, 0.1) is 24.8 Å². The van der Waals surface area contributed by atoms with Gasteiger partial charge in [-0.05, 0) is 53.5 Å². The van der Waals surface area contributed by atoms with Gasteiger partial charge in [0.2, 0.25) is 0 Å². The Hall–Kier alpha value is -1.43. The number of nitrogens with one attached hydrogen (secondary N) is 1. The highest BCUT2D eigenvalue weighted by Gasteiger charge is 2.12. The van der Waals surface area contributed by atoms with Crippen LogP contribution < -0.4 is 19.5 Å². The summed E-state index contributed by atoms with van der Waals surface area (Å²) < 4.78 is 17.7. The summed E-state index contributed by atoms with van der Waals surface area (Å²) in [5.41, 5.74) is 2.26. The van der Waals surface area contributed by atoms with Crippen molar-refractivity contribution in [3.8, 4) is 17.2 Å². The van der Waals surface area contributed by atoms with E-state index in [0.717, 1.165) is 45.9 Å². The second kappa shape index (κ2) is 11.2. The lowest BCUT2D eigenvalue weighted by atomic mass is 10.1. The molecule has 0 aliphatic carbocycles. The van der Waals surface area contributed by atoms with Crippen LogP contribution >= 0.6 is 28.3 Å². The van der Waals surface area contributed by atoms with Crippen molar-refractivity contribution in [1.29, 1.82) is 0 Å². The number of hydrogen-bond donors (Lipinski definition) is 1. The Labute approximate surface area is 164 Å². The van der Waals surface area contributed by atoms with Crippen molar-refractivity contribution in [2.24, 2.45) is 0 Å². The average molecular weight is 431 g/mol. The average Bonchev–Trinajstić information content (AvgIpc) is 2.58. The molecule has 6 heteroatoms. The second-order valence-electron chi connectivity index (χ2n) is 5.19. The summed E-state index contributed by atoms with van der Waals surface area (Å²) in [6.07, 6.45) is 0. The lowest BCUT2D eigenvalue weighted by Crippen LogP contribution is -2.13. The molecule has 0 bridgehead atoms. The topological polar surface area (TPSA) is 39.7 Å². The summed E-state index contributed by atoms with van der Waals surface area (Å²) in [5.74, 6) is 2.42. The molecule has 2 aromatic carbocycles. The van der Waals surface area contributed by atoms with Crippen LogP contribution in [0.1, 0.15) is 25.0 Å². The van der Waals surface area contributed by atoms with Crippen molar-refractivity contribution in [2.75, 3.05) is 20.3 Å². The van der Waals surface area contributed by atoms with E-state index < -0.39 is 0 Å². The van der Waals surface area contributed by atoms with E-state index in [-0.39, 0.29) is 12.4 Å². The molecule has 0 unspecified atom stereocenters. The molecule has 0 radical (unpaired) electrons. The molecule has 0 saturated carbocycles. The van der Waals surface area contributed by atoms with Crippen LogP contribution in [0.5, 0.6) is 17.2 Å². The van der Waals surface area contributed by atoms with E-state index in [4.69, 9.17) is 14.2 Å². The Morgan fingerprint density at radius 3 is 2.36 bits per heavy atom. The molecule has 0 aromatic heterocycles. The Morgan fingerprint density at radius 1 is 0.960 bits per heavy atom. The monoisotopic (exact) mass is 429 g/mol. The Kier molecular flexibility index (Phi) is 9.71. The minimum absolute atomic E-state index is 0. The van der Waals surface area contributed by atoms with E-state index in [1.165, 1.54) is 0 Å². The molecule has 1 N–H and O–H groups in total. The maximum Gasteiger partial charge on any atom is 0.175 e. The van der Waals surface area contributed by atoms with Crippen molar-refractivity contribution in [3.05, 3.63) is 52.0 Å². The third-order valence-corrected chi connectivity index (χ3v) is 4.08. The predicted octanol–water partition coefficient (Wildman–Crippen LogP) is 4.97. The number of para-hydroxylation sites is 1. The summed E-state index contributed by atoms with van der Waals surface area (Å²) in [6, 6.07) is 12.1. The van der Waals surface area contributed by atoms with Gasteiger partial charge in [0.25, 0.3) is 0 Å². The molecule has 0 heterocycles. The van der Waals surface area contributed by atoms with E-state index in [1.807, 2.05) is 38.1 Å². The van der Waals surface area contributed by atoms with Gasteiger partial charge in [0.15, 0.2) is 11.5 Å². The SMILES string of the molecule is CCOc1cc(CNCc2ccccc2OC)cc(Br)c1OCC.Cl. The Bertz CT molecular complexity index is 667. The molecular formula is C19H25BrClNO3. The third-order valence-electron chi connectivity index (χ3n) is 3.49. The zero-order valence-electron chi connectivity index (χ0n) is 14.8. The second-order valence-corrected chi connectivity index (χ2v) is 6.04. The van der Waals surface area contributed by atoms with Crippen molar-refractivity contribution in [3.63, 3.8) is 0 Å². The zero-order valence-corrected chi connectivity index (χ0v) is 17.2. The highest BCUT2D eigenvalue weighted by atomic mass is 79.9. The first kappa shape index (κ1) is 21.6. The van der Waals surface area contributed by atoms with Crippen LogP contribution in [0.4, 0.5) is 0 Å². The number of ether oxygens (including phenoxy) is 3. The molecule has 0 aliphatic heterocycles. The van der Waals surface area contributed by atoms with E-state index in [1.54, 1.807) is 7.11 Å². The highest BCUT2D eigenvalue weighted by Crippen LogP contribution is 2.37. The number of halogens is 2. The van der Waals surface area contributed by atoms with Crippen LogP contribution in [0.2, 0.25) is 0 Å². The molecule has 0 aliphatic rings. The molecular weight excluding hydrogens is 406 g/mol. The summed E-state index contributed by atoms with van der Waals surface area (Å²) in [4.78, 5) is 0. The number of methoxy groups -OCH3 is 1. The van der Waals surface area contributed by atoms with Crippen molar-refractivity contribution >= 4 is 28.3 Å². The lowest BCUT2D eigenvalue weighted by molar-refractivity contribution is 0.286. The van der Waals surface area contributed by atoms with Crippen LogP contribution in [-0.4, -0.2) is 20.3 Å². The van der Waals surface area contributed by atoms with Gasteiger partial charge in [0, 0.05) is 18.7 Å². The number of rotatable bonds is 9. The smallest absolute Gasteiger partial charge is 0.175 e. The van der Waals surface area contributed by atoms with Gasteiger partial charge in [0.1, 0.15) is 5.75 Å². The number of benzene rings is 2. The first-order chi connectivity index (χ1) is 11.7. The Morgan fingerprint density at radius 2 is 1.68 bits per heavy atom. The van der Waals surface area contributed by atoms with Crippen LogP contribution in [0, 0.1) is 0 Å². The van der Waals surface area contributed by atoms with Gasteiger partial charge in [-0.1, -0.05) is 18.2 Å². The number of hydrogen-bond acceptors (Lipinski definition) is 4. The lowest BCUT2D eigenvalue weighted by Gasteiger charge is -2.15. The van der Waals surface area contributed by atoms with Crippen LogP contribution in [0.15, 0.2) is 40.9 Å².